The zero-order valence-corrected chi connectivity index (χ0v) is 19.2. The van der Waals surface area contributed by atoms with E-state index in [1.807, 2.05) is 50.3 Å². The number of hydrogen-bond donors (Lipinski definition) is 2. The number of amides is 1. The van der Waals surface area contributed by atoms with Crippen molar-refractivity contribution in [2.24, 2.45) is 16.0 Å². The molecule has 1 amide bonds. The van der Waals surface area contributed by atoms with Gasteiger partial charge < -0.3 is 15.3 Å². The molecular weight excluding hydrogens is 460 g/mol. The van der Waals surface area contributed by atoms with E-state index in [0.29, 0.717) is 16.0 Å². The Morgan fingerprint density at radius 2 is 1.68 bits per heavy atom. The van der Waals surface area contributed by atoms with Gasteiger partial charge in [-0.3, -0.25) is 4.79 Å². The van der Waals surface area contributed by atoms with Crippen molar-refractivity contribution in [2.75, 3.05) is 13.7 Å². The number of halogens is 1. The first-order valence-electron chi connectivity index (χ1n) is 9.39. The monoisotopic (exact) mass is 484 g/mol. The van der Waals surface area contributed by atoms with Crippen molar-refractivity contribution in [1.82, 2.24) is 5.43 Å². The van der Waals surface area contributed by atoms with Crippen LogP contribution in [0, 0.1) is 0 Å². The maximum absolute atomic E-state index is 11.9. The summed E-state index contributed by atoms with van der Waals surface area (Å²) in [4.78, 5) is 11.9. The van der Waals surface area contributed by atoms with Crippen molar-refractivity contribution in [3.8, 4) is 11.5 Å². The second-order valence-corrected chi connectivity index (χ2v) is 7.45. The van der Waals surface area contributed by atoms with Gasteiger partial charge in [0.25, 0.3) is 5.91 Å². The van der Waals surface area contributed by atoms with Crippen LogP contribution in [0.25, 0.3) is 12.2 Å². The van der Waals surface area contributed by atoms with Crippen LogP contribution < -0.4 is 20.7 Å². The molecule has 0 aliphatic heterocycles. The first kappa shape index (κ1) is 23.9. The quantitative estimate of drug-likeness (QED) is 0.313. The highest BCUT2D eigenvalue weighted by molar-refractivity contribution is 9.10. The largest absolute Gasteiger partial charge is 0.497 e. The lowest BCUT2D eigenvalue weighted by atomic mass is 10.1. The summed E-state index contributed by atoms with van der Waals surface area (Å²) in [6, 6.07) is 13.2. The highest BCUT2D eigenvalue weighted by Gasteiger charge is 2.06. The number of ether oxygens (including phenoxy) is 2. The molecule has 8 heteroatoms. The molecule has 0 saturated heterocycles. The fraction of sp³-hybridized carbons (Fsp3) is 0.174. The molecule has 0 fully saturated rings. The molecule has 162 valence electrons. The SMILES string of the molecule is COc1ccc(OCC(=O)N/N=C\C(C)=C/c2ccc(/C=C(C)\C=N/N)cc2)c(Br)c1. The summed E-state index contributed by atoms with van der Waals surface area (Å²) in [7, 11) is 1.58. The van der Waals surface area contributed by atoms with E-state index in [-0.39, 0.29) is 12.5 Å². The van der Waals surface area contributed by atoms with Gasteiger partial charge in [0, 0.05) is 6.21 Å². The standard InChI is InChI=1S/C23H25BrN4O3/c1-16(13-26-25)10-18-4-6-19(7-5-18)11-17(2)14-27-28-23(29)15-31-22-9-8-20(30-3)12-21(22)24/h4-14H,15,25H2,1-3H3,(H,28,29)/b16-10-,17-11-,26-13-,27-14-. The van der Waals surface area contributed by atoms with Gasteiger partial charge in [-0.05, 0) is 70.2 Å². The molecule has 0 aromatic heterocycles. The molecule has 7 nitrogen and oxygen atoms in total. The number of allylic oxidation sites excluding steroid dienone is 2. The molecule has 0 radical (unpaired) electrons. The van der Waals surface area contributed by atoms with Crippen LogP contribution in [0.2, 0.25) is 0 Å². The van der Waals surface area contributed by atoms with Gasteiger partial charge in [-0.25, -0.2) is 5.43 Å². The van der Waals surface area contributed by atoms with Crippen LogP contribution in [0.5, 0.6) is 11.5 Å². The third kappa shape index (κ3) is 8.47. The van der Waals surface area contributed by atoms with Crippen LogP contribution in [0.15, 0.2) is 68.3 Å². The Bertz CT molecular complexity index is 1010. The second kappa shape index (κ2) is 12.3. The summed E-state index contributed by atoms with van der Waals surface area (Å²) in [5, 5.41) is 7.47. The molecule has 0 bridgehead atoms. The lowest BCUT2D eigenvalue weighted by Gasteiger charge is -2.08. The first-order valence-corrected chi connectivity index (χ1v) is 10.2. The summed E-state index contributed by atoms with van der Waals surface area (Å²) in [6.07, 6.45) is 7.13. The molecule has 0 heterocycles. The van der Waals surface area contributed by atoms with Crippen LogP contribution in [0.4, 0.5) is 0 Å². The summed E-state index contributed by atoms with van der Waals surface area (Å²) in [6.45, 7) is 3.67. The zero-order chi connectivity index (χ0) is 22.6. The van der Waals surface area contributed by atoms with Gasteiger partial charge >= 0.3 is 0 Å². The Morgan fingerprint density at radius 1 is 1.06 bits per heavy atom. The highest BCUT2D eigenvalue weighted by Crippen LogP contribution is 2.28. The van der Waals surface area contributed by atoms with E-state index >= 15 is 0 Å². The highest BCUT2D eigenvalue weighted by atomic mass is 79.9. The molecule has 0 spiro atoms. The van der Waals surface area contributed by atoms with Crippen molar-refractivity contribution in [2.45, 2.75) is 13.8 Å². The van der Waals surface area contributed by atoms with Gasteiger partial charge in [-0.1, -0.05) is 36.4 Å². The van der Waals surface area contributed by atoms with Gasteiger partial charge in [0.05, 0.1) is 17.8 Å². The Morgan fingerprint density at radius 3 is 2.23 bits per heavy atom. The van der Waals surface area contributed by atoms with Crippen LogP contribution >= 0.6 is 15.9 Å². The third-order valence-corrected chi connectivity index (χ3v) is 4.58. The molecule has 31 heavy (non-hydrogen) atoms. The lowest BCUT2D eigenvalue weighted by Crippen LogP contribution is -2.24. The second-order valence-electron chi connectivity index (χ2n) is 6.60. The maximum atomic E-state index is 11.9. The van der Waals surface area contributed by atoms with Gasteiger partial charge in [-0.15, -0.1) is 0 Å². The van der Waals surface area contributed by atoms with Gasteiger partial charge in [0.15, 0.2) is 6.61 Å². The lowest BCUT2D eigenvalue weighted by molar-refractivity contribution is -0.123. The maximum Gasteiger partial charge on any atom is 0.277 e. The van der Waals surface area contributed by atoms with E-state index in [2.05, 4.69) is 31.6 Å². The average Bonchev–Trinajstić information content (AvgIpc) is 2.74. The van der Waals surface area contributed by atoms with Crippen molar-refractivity contribution >= 4 is 46.4 Å². The number of nitrogens with two attached hydrogens (primary N) is 1. The fourth-order valence-electron chi connectivity index (χ4n) is 2.51. The Balaban J connectivity index is 1.85. The van der Waals surface area contributed by atoms with Gasteiger partial charge in [0.1, 0.15) is 11.5 Å². The Kier molecular flexibility index (Phi) is 9.51. The summed E-state index contributed by atoms with van der Waals surface area (Å²) < 4.78 is 11.3. The van der Waals surface area contributed by atoms with Crippen LogP contribution in [0.1, 0.15) is 25.0 Å². The predicted octanol–water partition coefficient (Wildman–Crippen LogP) is 4.39. The molecular formula is C23H25BrN4O3. The predicted molar refractivity (Wildman–Crippen MR) is 129 cm³/mol. The smallest absolute Gasteiger partial charge is 0.277 e. The number of hydrogen-bond acceptors (Lipinski definition) is 6. The zero-order valence-electron chi connectivity index (χ0n) is 17.6. The van der Waals surface area contributed by atoms with Crippen molar-refractivity contribution in [3.05, 3.63) is 69.2 Å². The Hall–Kier alpha value is -3.39. The van der Waals surface area contributed by atoms with E-state index in [1.165, 1.54) is 0 Å². The molecule has 2 aromatic carbocycles. The summed E-state index contributed by atoms with van der Waals surface area (Å²) >= 11 is 3.38. The number of benzene rings is 2. The molecule has 2 aromatic rings. The van der Waals surface area contributed by atoms with E-state index in [0.717, 1.165) is 22.3 Å². The topological polar surface area (TPSA) is 98.3 Å². The van der Waals surface area contributed by atoms with E-state index in [4.69, 9.17) is 15.3 Å². The van der Waals surface area contributed by atoms with Crippen molar-refractivity contribution in [1.29, 1.82) is 0 Å². The minimum absolute atomic E-state index is 0.158. The Labute approximate surface area is 190 Å². The fourth-order valence-corrected chi connectivity index (χ4v) is 2.99. The van der Waals surface area contributed by atoms with E-state index < -0.39 is 0 Å². The molecule has 2 rings (SSSR count). The number of carbonyl (C=O) groups is 1. The minimum Gasteiger partial charge on any atom is -0.497 e. The molecule has 0 atom stereocenters. The van der Waals surface area contributed by atoms with E-state index in [9.17, 15) is 4.79 Å². The van der Waals surface area contributed by atoms with Crippen molar-refractivity contribution in [3.63, 3.8) is 0 Å². The molecule has 0 unspecified atom stereocenters. The molecule has 0 aliphatic carbocycles. The molecule has 0 saturated carbocycles. The van der Waals surface area contributed by atoms with E-state index in [1.54, 1.807) is 37.7 Å². The number of rotatable bonds is 9. The first-order chi connectivity index (χ1) is 14.9. The summed E-state index contributed by atoms with van der Waals surface area (Å²) in [5.74, 6) is 6.02. The molecule has 3 N–H and O–H groups in total. The van der Waals surface area contributed by atoms with Gasteiger partial charge in [-0.2, -0.15) is 10.2 Å². The third-order valence-electron chi connectivity index (χ3n) is 3.96. The molecule has 0 aliphatic rings. The van der Waals surface area contributed by atoms with Crippen LogP contribution in [-0.4, -0.2) is 32.1 Å². The van der Waals surface area contributed by atoms with Crippen molar-refractivity contribution < 1.29 is 14.3 Å². The number of hydrazone groups is 2. The van der Waals surface area contributed by atoms with Crippen LogP contribution in [0.3, 0.4) is 0 Å². The number of carbonyl (C=O) groups excluding carboxylic acids is 1. The number of methoxy groups -OCH3 is 1. The normalized spacial score (nSPS) is 12.4. The number of nitrogens with one attached hydrogen (secondary N) is 1. The number of nitrogens with zero attached hydrogens (tertiary/aromatic N) is 2. The minimum atomic E-state index is -0.362. The average molecular weight is 485 g/mol. The summed E-state index contributed by atoms with van der Waals surface area (Å²) in [5.41, 5.74) is 6.37. The van der Waals surface area contributed by atoms with Gasteiger partial charge in [0.2, 0.25) is 0 Å². The van der Waals surface area contributed by atoms with Crippen LogP contribution in [-0.2, 0) is 4.79 Å².